The molecule has 1 aliphatic rings. The zero-order valence-corrected chi connectivity index (χ0v) is 14.8. The monoisotopic (exact) mass is 384 g/mol. The molecule has 2 aromatic rings. The number of aliphatic hydroxyl groups is 1. The average molecular weight is 384 g/mol. The van der Waals surface area contributed by atoms with Crippen molar-refractivity contribution in [1.29, 1.82) is 0 Å². The van der Waals surface area contributed by atoms with E-state index >= 15 is 0 Å². The molecule has 8 heteroatoms. The predicted molar refractivity (Wildman–Crippen MR) is 91.5 cm³/mol. The van der Waals surface area contributed by atoms with Crippen LogP contribution in [0.15, 0.2) is 18.2 Å². The minimum Gasteiger partial charge on any atom is -0.872 e. The van der Waals surface area contributed by atoms with Gasteiger partial charge in [-0.1, -0.05) is 11.8 Å². The van der Waals surface area contributed by atoms with Crippen molar-refractivity contribution >= 4 is 17.3 Å². The molecule has 0 spiro atoms. The molecule has 0 heterocycles. The third kappa shape index (κ3) is 3.07. The maximum atomic E-state index is 12.8. The van der Waals surface area contributed by atoms with Crippen molar-refractivity contribution < 1.29 is 39.9 Å². The lowest BCUT2D eigenvalue weighted by Crippen LogP contribution is -2.25. The maximum absolute atomic E-state index is 12.8. The Morgan fingerprint density at radius 2 is 1.68 bits per heavy atom. The number of fused-ring (bicyclic) bond motifs is 2. The standard InChI is InChI=1S/C20H18O8/c1-8(21)3-2-4-12(23)17-14(25)7-11-16(20(17)28)19(27)15-10(18(11)26)5-9(22)6-13(15)24/h5-7,12,22-25,28H,2-4H2,1H3/p-2/t12-/m0/s1. The summed E-state index contributed by atoms with van der Waals surface area (Å²) in [4.78, 5) is 36.4. The summed E-state index contributed by atoms with van der Waals surface area (Å²) in [5, 5.41) is 54.9. The van der Waals surface area contributed by atoms with E-state index < -0.39 is 62.9 Å². The third-order valence-electron chi connectivity index (χ3n) is 4.67. The SMILES string of the molecule is CC(=O)CCC[C@H](O)c1c([O-])cc2c(c1[O-])C(=O)c1c(O)cc(O)cc1C2=O. The Balaban J connectivity index is 2.11. The number of hydrogen-bond donors (Lipinski definition) is 3. The highest BCUT2D eigenvalue weighted by molar-refractivity contribution is 6.30. The molecule has 0 aromatic heterocycles. The lowest BCUT2D eigenvalue weighted by molar-refractivity contribution is -0.284. The van der Waals surface area contributed by atoms with E-state index in [0.29, 0.717) is 0 Å². The predicted octanol–water partition coefficient (Wildman–Crippen LogP) is 0.813. The van der Waals surface area contributed by atoms with Gasteiger partial charge in [0.2, 0.25) is 0 Å². The molecule has 0 unspecified atom stereocenters. The number of Topliss-reactive ketones (excluding diaryl/α,β-unsaturated/α-hetero) is 1. The van der Waals surface area contributed by atoms with Gasteiger partial charge >= 0.3 is 0 Å². The Labute approximate surface area is 159 Å². The fourth-order valence-electron chi connectivity index (χ4n) is 3.36. The molecule has 0 fully saturated rings. The number of benzene rings is 2. The van der Waals surface area contributed by atoms with Crippen molar-refractivity contribution in [3.05, 3.63) is 46.0 Å². The second-order valence-electron chi connectivity index (χ2n) is 6.70. The zero-order chi connectivity index (χ0) is 20.7. The minimum absolute atomic E-state index is 0.0410. The molecular formula is C20H16O8-2. The van der Waals surface area contributed by atoms with Crippen LogP contribution in [0.4, 0.5) is 0 Å². The summed E-state index contributed by atoms with van der Waals surface area (Å²) in [6.45, 7) is 1.37. The van der Waals surface area contributed by atoms with Crippen LogP contribution in [0.2, 0.25) is 0 Å². The molecule has 1 aliphatic carbocycles. The Bertz CT molecular complexity index is 1020. The van der Waals surface area contributed by atoms with E-state index in [1.807, 2.05) is 0 Å². The van der Waals surface area contributed by atoms with Crippen LogP contribution in [0.25, 0.3) is 0 Å². The van der Waals surface area contributed by atoms with Gasteiger partial charge in [-0.05, 0) is 31.4 Å². The van der Waals surface area contributed by atoms with Crippen LogP contribution in [-0.4, -0.2) is 32.7 Å². The average Bonchev–Trinajstić information content (AvgIpc) is 2.58. The van der Waals surface area contributed by atoms with Crippen molar-refractivity contribution in [3.63, 3.8) is 0 Å². The lowest BCUT2D eigenvalue weighted by Gasteiger charge is -2.31. The van der Waals surface area contributed by atoms with Gasteiger partial charge in [-0.15, -0.1) is 5.75 Å². The number of aliphatic hydroxyl groups excluding tert-OH is 1. The molecule has 146 valence electrons. The summed E-state index contributed by atoms with van der Waals surface area (Å²) in [5.41, 5.74) is -2.34. The molecule has 0 bridgehead atoms. The van der Waals surface area contributed by atoms with E-state index in [2.05, 4.69) is 0 Å². The van der Waals surface area contributed by atoms with Crippen molar-refractivity contribution in [2.24, 2.45) is 0 Å². The van der Waals surface area contributed by atoms with Crippen molar-refractivity contribution in [2.45, 2.75) is 32.3 Å². The van der Waals surface area contributed by atoms with Crippen LogP contribution in [-0.2, 0) is 4.79 Å². The van der Waals surface area contributed by atoms with E-state index in [4.69, 9.17) is 0 Å². The van der Waals surface area contributed by atoms with E-state index in [-0.39, 0.29) is 30.6 Å². The summed E-state index contributed by atoms with van der Waals surface area (Å²) in [7, 11) is 0. The summed E-state index contributed by atoms with van der Waals surface area (Å²) in [6, 6.07) is 2.64. The third-order valence-corrected chi connectivity index (χ3v) is 4.67. The van der Waals surface area contributed by atoms with Gasteiger partial charge in [0.25, 0.3) is 0 Å². The topological polar surface area (TPSA) is 158 Å². The van der Waals surface area contributed by atoms with Crippen molar-refractivity contribution in [3.8, 4) is 23.0 Å². The normalized spacial score (nSPS) is 13.8. The molecule has 3 N–H and O–H groups in total. The molecule has 3 rings (SSSR count). The fourth-order valence-corrected chi connectivity index (χ4v) is 3.36. The first-order valence-corrected chi connectivity index (χ1v) is 8.51. The Kier molecular flexibility index (Phi) is 4.82. The Morgan fingerprint density at radius 1 is 1.04 bits per heavy atom. The summed E-state index contributed by atoms with van der Waals surface area (Å²) < 4.78 is 0. The molecule has 28 heavy (non-hydrogen) atoms. The molecule has 0 aliphatic heterocycles. The second kappa shape index (κ2) is 6.97. The first kappa shape index (κ1) is 19.4. The van der Waals surface area contributed by atoms with Crippen LogP contribution in [0.3, 0.4) is 0 Å². The van der Waals surface area contributed by atoms with Gasteiger partial charge in [0.15, 0.2) is 11.6 Å². The van der Waals surface area contributed by atoms with Crippen LogP contribution in [0.1, 0.15) is 69.7 Å². The largest absolute Gasteiger partial charge is 0.872 e. The highest BCUT2D eigenvalue weighted by Gasteiger charge is 2.34. The molecule has 8 nitrogen and oxygen atoms in total. The second-order valence-corrected chi connectivity index (χ2v) is 6.70. The number of rotatable bonds is 5. The van der Waals surface area contributed by atoms with Crippen molar-refractivity contribution in [1.82, 2.24) is 0 Å². The number of hydrogen-bond acceptors (Lipinski definition) is 8. The van der Waals surface area contributed by atoms with Gasteiger partial charge in [0.1, 0.15) is 17.3 Å². The van der Waals surface area contributed by atoms with Crippen LogP contribution >= 0.6 is 0 Å². The van der Waals surface area contributed by atoms with Crippen LogP contribution in [0, 0.1) is 0 Å². The first-order valence-electron chi connectivity index (χ1n) is 8.51. The van der Waals surface area contributed by atoms with Crippen LogP contribution in [0.5, 0.6) is 23.0 Å². The number of aromatic hydroxyl groups is 2. The number of phenols is 2. The number of carbonyl (C=O) groups is 3. The van der Waals surface area contributed by atoms with E-state index in [1.54, 1.807) is 0 Å². The van der Waals surface area contributed by atoms with Gasteiger partial charge in [-0.25, -0.2) is 0 Å². The molecule has 0 saturated heterocycles. The lowest BCUT2D eigenvalue weighted by atomic mass is 9.81. The molecule has 2 aromatic carbocycles. The number of ketones is 3. The zero-order valence-electron chi connectivity index (χ0n) is 14.8. The molecule has 0 amide bonds. The van der Waals surface area contributed by atoms with Gasteiger partial charge < -0.3 is 30.3 Å². The summed E-state index contributed by atoms with van der Waals surface area (Å²) >= 11 is 0. The van der Waals surface area contributed by atoms with E-state index in [0.717, 1.165) is 18.2 Å². The Hall–Kier alpha value is -3.39. The smallest absolute Gasteiger partial charge is 0.197 e. The molecule has 0 radical (unpaired) electrons. The fraction of sp³-hybridized carbons (Fsp3) is 0.250. The van der Waals surface area contributed by atoms with E-state index in [1.165, 1.54) is 6.92 Å². The van der Waals surface area contributed by atoms with Crippen molar-refractivity contribution in [2.75, 3.05) is 0 Å². The Morgan fingerprint density at radius 3 is 2.32 bits per heavy atom. The highest BCUT2D eigenvalue weighted by Crippen LogP contribution is 2.43. The van der Waals surface area contributed by atoms with Gasteiger partial charge in [-0.2, -0.15) is 0 Å². The van der Waals surface area contributed by atoms with Gasteiger partial charge in [0, 0.05) is 29.2 Å². The van der Waals surface area contributed by atoms with E-state index in [9.17, 15) is 39.9 Å². The molecular weight excluding hydrogens is 368 g/mol. The molecule has 1 atom stereocenters. The van der Waals surface area contributed by atoms with Crippen LogP contribution < -0.4 is 10.2 Å². The van der Waals surface area contributed by atoms with Gasteiger partial charge in [-0.3, -0.25) is 9.59 Å². The number of carbonyl (C=O) groups excluding carboxylic acids is 3. The minimum atomic E-state index is -1.50. The summed E-state index contributed by atoms with van der Waals surface area (Å²) in [6.07, 6.45) is -1.14. The summed E-state index contributed by atoms with van der Waals surface area (Å²) in [5.74, 6) is -5.04. The quantitative estimate of drug-likeness (QED) is 0.583. The molecule has 0 saturated carbocycles. The maximum Gasteiger partial charge on any atom is 0.197 e. The number of phenolic OH excluding ortho intramolecular Hbond substituents is 2. The highest BCUT2D eigenvalue weighted by atomic mass is 16.3. The van der Waals surface area contributed by atoms with Gasteiger partial charge in [0.05, 0.1) is 11.7 Å². The first-order chi connectivity index (χ1) is 13.1.